The third kappa shape index (κ3) is 2.55. The molecule has 0 amide bonds. The molecule has 0 aromatic rings. The molecule has 1 saturated carbocycles. The highest BCUT2D eigenvalue weighted by molar-refractivity contribution is 6.74. The number of hydrogen-bond donors (Lipinski definition) is 0. The molecule has 2 aliphatic heterocycles. The number of allylic oxidation sites excluding steroid dienone is 1. The molecular weight excluding hydrogens is 404 g/mol. The maximum atomic E-state index is 14.2. The van der Waals surface area contributed by atoms with Crippen molar-refractivity contribution in [1.29, 1.82) is 0 Å². The van der Waals surface area contributed by atoms with Crippen molar-refractivity contribution in [2.45, 2.75) is 98.3 Å². The van der Waals surface area contributed by atoms with Crippen LogP contribution in [0.5, 0.6) is 0 Å². The van der Waals surface area contributed by atoms with Gasteiger partial charge in [-0.2, -0.15) is 0 Å². The molecule has 7 atom stereocenters. The standard InChI is InChI=1S/C26H42O4Si/c1-12-16(2)18-24(8)21(27)25(9)20-23(24,7)19(30-18)17(3)13-26(20,14-28-25)15-29-31(10,11)22(4,5)6/h12-13,18-20H,14-15H2,1-11H3/t18-,19?,20+,23-,24+,25?,26-/m0/s1. The summed E-state index contributed by atoms with van der Waals surface area (Å²) in [5.41, 5.74) is 0.302. The molecule has 2 unspecified atom stereocenters. The minimum absolute atomic E-state index is 0.0399. The van der Waals surface area contributed by atoms with Crippen LogP contribution in [0.1, 0.15) is 62.3 Å². The summed E-state index contributed by atoms with van der Waals surface area (Å²) in [6, 6.07) is 0. The third-order valence-corrected chi connectivity index (χ3v) is 14.5. The number of ether oxygens (including phenoxy) is 2. The number of carbonyl (C=O) groups excluding carboxylic acids is 1. The van der Waals surface area contributed by atoms with E-state index in [0.29, 0.717) is 13.2 Å². The zero-order chi connectivity index (χ0) is 23.4. The van der Waals surface area contributed by atoms with E-state index in [2.05, 4.69) is 73.7 Å². The van der Waals surface area contributed by atoms with E-state index in [1.807, 2.05) is 13.8 Å². The van der Waals surface area contributed by atoms with Gasteiger partial charge in [0.05, 0.1) is 24.2 Å². The van der Waals surface area contributed by atoms with Gasteiger partial charge >= 0.3 is 0 Å². The number of carbonyl (C=O) groups is 1. The molecule has 0 spiro atoms. The Labute approximate surface area is 189 Å². The molecule has 2 heterocycles. The predicted molar refractivity (Wildman–Crippen MR) is 126 cm³/mol. The van der Waals surface area contributed by atoms with Gasteiger partial charge in [-0.1, -0.05) is 39.8 Å². The van der Waals surface area contributed by atoms with E-state index in [0.717, 1.165) is 5.57 Å². The summed E-state index contributed by atoms with van der Waals surface area (Å²) < 4.78 is 20.0. The zero-order valence-electron chi connectivity index (χ0n) is 21.4. The van der Waals surface area contributed by atoms with Crippen LogP contribution in [0.15, 0.2) is 23.3 Å². The summed E-state index contributed by atoms with van der Waals surface area (Å²) in [5, 5.41) is 0.136. The maximum Gasteiger partial charge on any atom is 0.192 e. The fourth-order valence-electron chi connectivity index (χ4n) is 7.31. The van der Waals surface area contributed by atoms with E-state index in [1.54, 1.807) is 0 Å². The lowest BCUT2D eigenvalue weighted by Gasteiger charge is -2.51. The van der Waals surface area contributed by atoms with Gasteiger partial charge in [0.2, 0.25) is 0 Å². The Balaban J connectivity index is 1.85. The van der Waals surface area contributed by atoms with Gasteiger partial charge in [0.15, 0.2) is 14.1 Å². The van der Waals surface area contributed by atoms with Crippen LogP contribution in [-0.4, -0.2) is 45.1 Å². The van der Waals surface area contributed by atoms with Gasteiger partial charge < -0.3 is 13.9 Å². The van der Waals surface area contributed by atoms with Crippen molar-refractivity contribution in [2.75, 3.05) is 13.2 Å². The lowest BCUT2D eigenvalue weighted by atomic mass is 9.51. The van der Waals surface area contributed by atoms with E-state index in [9.17, 15) is 4.79 Å². The van der Waals surface area contributed by atoms with Crippen molar-refractivity contribution < 1.29 is 18.7 Å². The monoisotopic (exact) mass is 446 g/mol. The molecule has 31 heavy (non-hydrogen) atoms. The molecule has 0 radical (unpaired) electrons. The van der Waals surface area contributed by atoms with Gasteiger partial charge in [-0.25, -0.2) is 0 Å². The first-order chi connectivity index (χ1) is 14.0. The summed E-state index contributed by atoms with van der Waals surface area (Å²) in [6.45, 7) is 25.3. The van der Waals surface area contributed by atoms with Crippen molar-refractivity contribution in [3.05, 3.63) is 23.3 Å². The van der Waals surface area contributed by atoms with E-state index in [-0.39, 0.29) is 39.8 Å². The molecule has 174 valence electrons. The molecular formula is C26H42O4Si. The Morgan fingerprint density at radius 1 is 1.29 bits per heavy atom. The van der Waals surface area contributed by atoms with Crippen LogP contribution in [0.2, 0.25) is 18.1 Å². The zero-order valence-corrected chi connectivity index (χ0v) is 22.4. The van der Waals surface area contributed by atoms with Gasteiger partial charge in [0.1, 0.15) is 5.60 Å². The van der Waals surface area contributed by atoms with Crippen molar-refractivity contribution >= 4 is 14.1 Å². The van der Waals surface area contributed by atoms with Crippen LogP contribution in [0, 0.1) is 22.2 Å². The van der Waals surface area contributed by atoms with E-state index >= 15 is 0 Å². The molecule has 4 aliphatic rings. The van der Waals surface area contributed by atoms with E-state index in [1.165, 1.54) is 5.57 Å². The molecule has 5 heteroatoms. The SMILES string of the molecule is CC=C(C)[C@@H]1OC2C(C)=C[C@@]3(CO[Si](C)(C)C(C)(C)C)COC4(C)C(=O)[C@]1(C)[C@]2(C)[C@H]43. The van der Waals surface area contributed by atoms with E-state index in [4.69, 9.17) is 13.9 Å². The first-order valence-corrected chi connectivity index (χ1v) is 14.7. The minimum Gasteiger partial charge on any atom is -0.416 e. The molecule has 0 aromatic heterocycles. The Bertz CT molecular complexity index is 882. The maximum absolute atomic E-state index is 14.2. The van der Waals surface area contributed by atoms with Crippen molar-refractivity contribution in [3.63, 3.8) is 0 Å². The van der Waals surface area contributed by atoms with Crippen LogP contribution < -0.4 is 0 Å². The number of rotatable bonds is 4. The van der Waals surface area contributed by atoms with Gasteiger partial charge in [-0.05, 0) is 63.9 Å². The Morgan fingerprint density at radius 2 is 1.90 bits per heavy atom. The van der Waals surface area contributed by atoms with Gasteiger partial charge in [0.25, 0.3) is 0 Å². The average molecular weight is 447 g/mol. The fourth-order valence-corrected chi connectivity index (χ4v) is 8.37. The van der Waals surface area contributed by atoms with Gasteiger partial charge in [-0.3, -0.25) is 4.79 Å². The molecule has 4 rings (SSSR count). The molecule has 4 nitrogen and oxygen atoms in total. The lowest BCUT2D eigenvalue weighted by molar-refractivity contribution is -0.145. The Morgan fingerprint density at radius 3 is 2.45 bits per heavy atom. The molecule has 0 bridgehead atoms. The minimum atomic E-state index is -1.95. The molecule has 0 N–H and O–H groups in total. The van der Waals surface area contributed by atoms with Gasteiger partial charge in [0, 0.05) is 23.4 Å². The topological polar surface area (TPSA) is 44.8 Å². The third-order valence-electron chi connectivity index (χ3n) is 10.1. The second-order valence-electron chi connectivity index (χ2n) is 12.7. The predicted octanol–water partition coefficient (Wildman–Crippen LogP) is 5.69. The van der Waals surface area contributed by atoms with Crippen LogP contribution in [0.4, 0.5) is 0 Å². The highest BCUT2D eigenvalue weighted by atomic mass is 28.4. The summed E-state index contributed by atoms with van der Waals surface area (Å²) >= 11 is 0. The van der Waals surface area contributed by atoms with Gasteiger partial charge in [-0.15, -0.1) is 0 Å². The fraction of sp³-hybridized carbons (Fsp3) is 0.808. The number of Topliss-reactive ketones (excluding diaryl/α,β-unsaturated/α-hetero) is 1. The molecule has 0 aromatic carbocycles. The van der Waals surface area contributed by atoms with Crippen molar-refractivity contribution in [3.8, 4) is 0 Å². The normalized spacial score (nSPS) is 47.1. The molecule has 2 saturated heterocycles. The Hall–Kier alpha value is -0.753. The summed E-state index contributed by atoms with van der Waals surface area (Å²) in [4.78, 5) is 14.2. The van der Waals surface area contributed by atoms with Crippen LogP contribution >= 0.6 is 0 Å². The smallest absolute Gasteiger partial charge is 0.192 e. The number of hydrogen-bond acceptors (Lipinski definition) is 4. The largest absolute Gasteiger partial charge is 0.416 e. The highest BCUT2D eigenvalue weighted by Crippen LogP contribution is 2.76. The lowest BCUT2D eigenvalue weighted by Crippen LogP contribution is -2.55. The Kier molecular flexibility index (Phi) is 4.85. The summed E-state index contributed by atoms with van der Waals surface area (Å²) in [6.07, 6.45) is 4.16. The quantitative estimate of drug-likeness (QED) is 0.411. The summed E-state index contributed by atoms with van der Waals surface area (Å²) in [5.74, 6) is 0.247. The highest BCUT2D eigenvalue weighted by Gasteiger charge is 2.84. The van der Waals surface area contributed by atoms with Crippen LogP contribution in [0.25, 0.3) is 0 Å². The van der Waals surface area contributed by atoms with Crippen LogP contribution in [0.3, 0.4) is 0 Å². The first-order valence-electron chi connectivity index (χ1n) is 11.8. The second kappa shape index (κ2) is 6.43. The summed E-state index contributed by atoms with van der Waals surface area (Å²) in [7, 11) is -1.95. The molecule has 3 fully saturated rings. The average Bonchev–Trinajstić information content (AvgIpc) is 3.14. The second-order valence-corrected chi connectivity index (χ2v) is 17.6. The van der Waals surface area contributed by atoms with Crippen molar-refractivity contribution in [2.24, 2.45) is 22.2 Å². The molecule has 2 aliphatic carbocycles. The van der Waals surface area contributed by atoms with E-state index < -0.39 is 19.3 Å². The first kappa shape index (κ1) is 23.4. The number of ketones is 1. The van der Waals surface area contributed by atoms with Crippen LogP contribution in [-0.2, 0) is 18.7 Å². The van der Waals surface area contributed by atoms with Crippen molar-refractivity contribution in [1.82, 2.24) is 0 Å².